The first kappa shape index (κ1) is 10.7. The van der Waals surface area contributed by atoms with Crippen molar-refractivity contribution in [2.75, 3.05) is 13.1 Å². The Morgan fingerprint density at radius 2 is 2.07 bits per heavy atom. The van der Waals surface area contributed by atoms with Crippen LogP contribution in [0.15, 0.2) is 12.7 Å². The molecule has 1 spiro atoms. The zero-order valence-electron chi connectivity index (χ0n) is 9.11. The third kappa shape index (κ3) is 1.93. The molecule has 1 unspecified atom stereocenters. The molecule has 0 aromatic carbocycles. The van der Waals surface area contributed by atoms with Crippen LogP contribution in [0.5, 0.6) is 0 Å². The van der Waals surface area contributed by atoms with Crippen molar-refractivity contribution < 1.29 is 9.90 Å². The van der Waals surface area contributed by atoms with Gasteiger partial charge in [0.15, 0.2) is 0 Å². The standard InChI is InChI=1S/C12H19NO2/c1-2-10(11(14)15)13-8-7-12(9-13)5-3-4-6-12/h2,10H,1,3-9H2,(H,14,15). The van der Waals surface area contributed by atoms with Gasteiger partial charge in [-0.2, -0.15) is 0 Å². The van der Waals surface area contributed by atoms with Gasteiger partial charge in [0.2, 0.25) is 0 Å². The summed E-state index contributed by atoms with van der Waals surface area (Å²) in [4.78, 5) is 13.1. The van der Waals surface area contributed by atoms with E-state index in [1.807, 2.05) is 0 Å². The van der Waals surface area contributed by atoms with Gasteiger partial charge in [-0.15, -0.1) is 6.58 Å². The Kier molecular flexibility index (Phi) is 2.83. The maximum Gasteiger partial charge on any atom is 0.324 e. The molecule has 1 aliphatic heterocycles. The molecule has 0 radical (unpaired) electrons. The van der Waals surface area contributed by atoms with Gasteiger partial charge in [-0.25, -0.2) is 0 Å². The number of hydrogen-bond donors (Lipinski definition) is 1. The molecule has 1 aliphatic carbocycles. The predicted molar refractivity (Wildman–Crippen MR) is 58.7 cm³/mol. The largest absolute Gasteiger partial charge is 0.480 e. The van der Waals surface area contributed by atoms with Crippen molar-refractivity contribution in [2.45, 2.75) is 38.1 Å². The SMILES string of the molecule is C=CC(C(=O)O)N1CCC2(CCCC2)C1. The molecule has 84 valence electrons. The van der Waals surface area contributed by atoms with E-state index in [1.54, 1.807) is 6.08 Å². The van der Waals surface area contributed by atoms with Crippen LogP contribution in [0.3, 0.4) is 0 Å². The van der Waals surface area contributed by atoms with E-state index in [4.69, 9.17) is 5.11 Å². The molecular formula is C12H19NO2. The molecule has 2 fully saturated rings. The van der Waals surface area contributed by atoms with E-state index in [0.29, 0.717) is 5.41 Å². The number of hydrogen-bond acceptors (Lipinski definition) is 2. The molecule has 1 atom stereocenters. The van der Waals surface area contributed by atoms with E-state index >= 15 is 0 Å². The van der Waals surface area contributed by atoms with Crippen molar-refractivity contribution in [3.8, 4) is 0 Å². The van der Waals surface area contributed by atoms with E-state index in [1.165, 1.54) is 32.1 Å². The minimum absolute atomic E-state index is 0.441. The Labute approximate surface area is 90.8 Å². The number of carboxylic acid groups (broad SMARTS) is 1. The first-order valence-corrected chi connectivity index (χ1v) is 5.76. The van der Waals surface area contributed by atoms with Crippen molar-refractivity contribution in [1.29, 1.82) is 0 Å². The van der Waals surface area contributed by atoms with Crippen LogP contribution in [-0.4, -0.2) is 35.1 Å². The lowest BCUT2D eigenvalue weighted by Gasteiger charge is -2.25. The highest BCUT2D eigenvalue weighted by Gasteiger charge is 2.42. The van der Waals surface area contributed by atoms with Crippen molar-refractivity contribution in [3.63, 3.8) is 0 Å². The predicted octanol–water partition coefficient (Wildman–Crippen LogP) is 1.89. The van der Waals surface area contributed by atoms with Crippen LogP contribution < -0.4 is 0 Å². The Bertz CT molecular complexity index is 269. The molecule has 0 aromatic rings. The van der Waals surface area contributed by atoms with Gasteiger partial charge >= 0.3 is 5.97 Å². The normalized spacial score (nSPS) is 26.9. The number of carbonyl (C=O) groups is 1. The molecule has 1 N–H and O–H groups in total. The molecule has 15 heavy (non-hydrogen) atoms. The van der Waals surface area contributed by atoms with E-state index in [2.05, 4.69) is 11.5 Å². The van der Waals surface area contributed by atoms with Gasteiger partial charge in [-0.05, 0) is 31.2 Å². The van der Waals surface area contributed by atoms with Crippen LogP contribution in [0.25, 0.3) is 0 Å². The summed E-state index contributed by atoms with van der Waals surface area (Å²) in [5, 5.41) is 9.05. The number of carboxylic acids is 1. The monoisotopic (exact) mass is 209 g/mol. The highest BCUT2D eigenvalue weighted by Crippen LogP contribution is 2.45. The third-order valence-corrected chi connectivity index (χ3v) is 4.00. The van der Waals surface area contributed by atoms with Crippen molar-refractivity contribution in [2.24, 2.45) is 5.41 Å². The summed E-state index contributed by atoms with van der Waals surface area (Å²) in [5.74, 6) is -0.764. The quantitative estimate of drug-likeness (QED) is 0.722. The minimum atomic E-state index is -0.764. The van der Waals surface area contributed by atoms with E-state index in [0.717, 1.165) is 13.1 Å². The van der Waals surface area contributed by atoms with Crippen molar-refractivity contribution >= 4 is 5.97 Å². The second-order valence-corrected chi connectivity index (χ2v) is 4.95. The Balaban J connectivity index is 2.02. The molecule has 0 bridgehead atoms. The van der Waals surface area contributed by atoms with Crippen molar-refractivity contribution in [3.05, 3.63) is 12.7 Å². The second-order valence-electron chi connectivity index (χ2n) is 4.95. The van der Waals surface area contributed by atoms with Crippen LogP contribution in [0.4, 0.5) is 0 Å². The molecule has 0 amide bonds. The summed E-state index contributed by atoms with van der Waals surface area (Å²) < 4.78 is 0. The van der Waals surface area contributed by atoms with Gasteiger partial charge < -0.3 is 5.11 Å². The summed E-state index contributed by atoms with van der Waals surface area (Å²) in [6.45, 7) is 5.49. The summed E-state index contributed by atoms with van der Waals surface area (Å²) >= 11 is 0. The smallest absolute Gasteiger partial charge is 0.324 e. The lowest BCUT2D eigenvalue weighted by molar-refractivity contribution is -0.141. The van der Waals surface area contributed by atoms with Crippen LogP contribution >= 0.6 is 0 Å². The summed E-state index contributed by atoms with van der Waals surface area (Å²) in [7, 11) is 0. The molecule has 3 heteroatoms. The summed E-state index contributed by atoms with van der Waals surface area (Å²) in [5.41, 5.74) is 0.441. The zero-order chi connectivity index (χ0) is 10.9. The average Bonchev–Trinajstić information content (AvgIpc) is 2.79. The van der Waals surface area contributed by atoms with Crippen LogP contribution in [0.1, 0.15) is 32.1 Å². The van der Waals surface area contributed by atoms with Crippen LogP contribution in [0, 0.1) is 5.41 Å². The molecular weight excluding hydrogens is 190 g/mol. The lowest BCUT2D eigenvalue weighted by Crippen LogP contribution is -2.39. The number of nitrogens with zero attached hydrogens (tertiary/aromatic N) is 1. The Hall–Kier alpha value is -0.830. The summed E-state index contributed by atoms with van der Waals surface area (Å²) in [6.07, 6.45) is 7.93. The number of rotatable bonds is 3. The fourth-order valence-electron chi connectivity index (χ4n) is 3.15. The highest BCUT2D eigenvalue weighted by atomic mass is 16.4. The Morgan fingerprint density at radius 1 is 1.40 bits per heavy atom. The fourth-order valence-corrected chi connectivity index (χ4v) is 3.15. The molecule has 3 nitrogen and oxygen atoms in total. The molecule has 1 saturated heterocycles. The summed E-state index contributed by atoms with van der Waals surface area (Å²) in [6, 6.07) is -0.482. The van der Waals surface area contributed by atoms with Gasteiger partial charge in [-0.1, -0.05) is 18.9 Å². The molecule has 1 saturated carbocycles. The topological polar surface area (TPSA) is 40.5 Å². The highest BCUT2D eigenvalue weighted by molar-refractivity contribution is 5.75. The molecule has 2 rings (SSSR count). The van der Waals surface area contributed by atoms with Crippen molar-refractivity contribution in [1.82, 2.24) is 4.90 Å². The third-order valence-electron chi connectivity index (χ3n) is 4.00. The van der Waals surface area contributed by atoms with Gasteiger partial charge in [0, 0.05) is 6.54 Å². The lowest BCUT2D eigenvalue weighted by atomic mass is 9.86. The molecule has 0 aromatic heterocycles. The molecule has 1 heterocycles. The first-order valence-electron chi connectivity index (χ1n) is 5.76. The van der Waals surface area contributed by atoms with Gasteiger partial charge in [0.1, 0.15) is 6.04 Å². The molecule has 2 aliphatic rings. The van der Waals surface area contributed by atoms with Crippen LogP contribution in [0.2, 0.25) is 0 Å². The minimum Gasteiger partial charge on any atom is -0.480 e. The Morgan fingerprint density at radius 3 is 2.60 bits per heavy atom. The van der Waals surface area contributed by atoms with E-state index in [9.17, 15) is 4.79 Å². The maximum atomic E-state index is 11.0. The van der Waals surface area contributed by atoms with Gasteiger partial charge in [0.25, 0.3) is 0 Å². The van der Waals surface area contributed by atoms with E-state index in [-0.39, 0.29) is 0 Å². The number of aliphatic carboxylic acids is 1. The van der Waals surface area contributed by atoms with Gasteiger partial charge in [-0.3, -0.25) is 9.69 Å². The second kappa shape index (κ2) is 3.97. The first-order chi connectivity index (χ1) is 7.17. The van der Waals surface area contributed by atoms with Gasteiger partial charge in [0.05, 0.1) is 0 Å². The fraction of sp³-hybridized carbons (Fsp3) is 0.750. The maximum absolute atomic E-state index is 11.0. The van der Waals surface area contributed by atoms with E-state index < -0.39 is 12.0 Å². The average molecular weight is 209 g/mol. The number of likely N-dealkylation sites (tertiary alicyclic amines) is 1. The zero-order valence-corrected chi connectivity index (χ0v) is 9.11. The van der Waals surface area contributed by atoms with Crippen LogP contribution in [-0.2, 0) is 4.79 Å².